The maximum Gasteiger partial charge on any atom is 0.330 e. The van der Waals surface area contributed by atoms with Crippen molar-refractivity contribution >= 4 is 17.1 Å². The Hall–Kier alpha value is -2.15. The third kappa shape index (κ3) is 4.25. The van der Waals surface area contributed by atoms with Crippen LogP contribution in [0.3, 0.4) is 0 Å². The van der Waals surface area contributed by atoms with Gasteiger partial charge in [0.25, 0.3) is 0 Å². The molecular weight excluding hydrogens is 366 g/mol. The molecule has 2 saturated heterocycles. The number of nitrogens with zero attached hydrogens (tertiary/aromatic N) is 5. The molecule has 2 aliphatic rings. The molecule has 2 fully saturated rings. The number of fused-ring (bicyclic) bond motifs is 1. The molecule has 0 saturated carbocycles. The van der Waals surface area contributed by atoms with E-state index in [0.717, 1.165) is 68.9 Å². The zero-order valence-electron chi connectivity index (χ0n) is 17.7. The highest BCUT2D eigenvalue weighted by Crippen LogP contribution is 2.21. The number of aromatic nitrogens is 3. The second kappa shape index (κ2) is 8.69. The van der Waals surface area contributed by atoms with Crippen LogP contribution in [0.4, 0.5) is 0 Å². The van der Waals surface area contributed by atoms with Crippen molar-refractivity contribution in [3.05, 3.63) is 28.8 Å². The lowest BCUT2D eigenvalue weighted by molar-refractivity contribution is -0.134. The normalized spacial score (nSPS) is 19.9. The van der Waals surface area contributed by atoms with Crippen LogP contribution in [0.15, 0.2) is 23.1 Å². The number of imidazole rings is 1. The molecule has 2 aromatic rings. The van der Waals surface area contributed by atoms with Gasteiger partial charge in [0.15, 0.2) is 5.65 Å². The Morgan fingerprint density at radius 1 is 1.10 bits per heavy atom. The smallest absolute Gasteiger partial charge is 0.330 e. The number of carbonyl (C=O) groups is 1. The Morgan fingerprint density at radius 3 is 2.52 bits per heavy atom. The lowest BCUT2D eigenvalue weighted by Crippen LogP contribution is -2.46. The molecule has 0 bridgehead atoms. The van der Waals surface area contributed by atoms with Gasteiger partial charge in [-0.1, -0.05) is 6.92 Å². The Morgan fingerprint density at radius 2 is 1.83 bits per heavy atom. The molecule has 7 heteroatoms. The molecule has 1 amide bonds. The number of likely N-dealkylation sites (tertiary alicyclic amines) is 2. The number of hydrogen-bond acceptors (Lipinski definition) is 4. The van der Waals surface area contributed by atoms with Crippen molar-refractivity contribution in [2.75, 3.05) is 32.7 Å². The molecule has 0 unspecified atom stereocenters. The molecule has 0 N–H and O–H groups in total. The second-order valence-electron chi connectivity index (χ2n) is 8.77. The first-order valence-corrected chi connectivity index (χ1v) is 11.1. The van der Waals surface area contributed by atoms with Crippen LogP contribution < -0.4 is 5.69 Å². The van der Waals surface area contributed by atoms with Gasteiger partial charge in [0.05, 0.1) is 12.1 Å². The fourth-order valence-electron chi connectivity index (χ4n) is 4.75. The van der Waals surface area contributed by atoms with Crippen LogP contribution in [0.2, 0.25) is 0 Å². The molecule has 2 aromatic heterocycles. The fourth-order valence-corrected chi connectivity index (χ4v) is 4.75. The van der Waals surface area contributed by atoms with Crippen molar-refractivity contribution < 1.29 is 4.79 Å². The number of piperidine rings is 2. The molecule has 0 spiro atoms. The molecule has 4 heterocycles. The molecule has 7 nitrogen and oxygen atoms in total. The summed E-state index contributed by atoms with van der Waals surface area (Å²) in [5.74, 6) is 1.47. The molecule has 4 rings (SSSR count). The average molecular weight is 400 g/mol. The van der Waals surface area contributed by atoms with Gasteiger partial charge >= 0.3 is 5.69 Å². The summed E-state index contributed by atoms with van der Waals surface area (Å²) in [4.78, 5) is 34.2. The predicted octanol–water partition coefficient (Wildman–Crippen LogP) is 2.19. The Balaban J connectivity index is 1.34. The van der Waals surface area contributed by atoms with Gasteiger partial charge in [-0.25, -0.2) is 9.78 Å². The van der Waals surface area contributed by atoms with Gasteiger partial charge in [0, 0.05) is 32.4 Å². The van der Waals surface area contributed by atoms with E-state index in [-0.39, 0.29) is 11.6 Å². The van der Waals surface area contributed by atoms with Crippen LogP contribution in [-0.4, -0.2) is 62.5 Å². The Kier molecular flexibility index (Phi) is 6.04. The van der Waals surface area contributed by atoms with Gasteiger partial charge in [0.1, 0.15) is 0 Å². The zero-order valence-corrected chi connectivity index (χ0v) is 17.7. The maximum absolute atomic E-state index is 12.8. The van der Waals surface area contributed by atoms with Crippen LogP contribution in [0, 0.1) is 11.8 Å². The summed E-state index contributed by atoms with van der Waals surface area (Å²) in [6.45, 7) is 9.85. The van der Waals surface area contributed by atoms with Gasteiger partial charge in [0.2, 0.25) is 5.91 Å². The van der Waals surface area contributed by atoms with Crippen molar-refractivity contribution in [2.24, 2.45) is 11.8 Å². The summed E-state index contributed by atoms with van der Waals surface area (Å²) in [7, 11) is 0. The van der Waals surface area contributed by atoms with E-state index >= 15 is 0 Å². The summed E-state index contributed by atoms with van der Waals surface area (Å²) < 4.78 is 3.65. The van der Waals surface area contributed by atoms with Gasteiger partial charge in [-0.2, -0.15) is 0 Å². The van der Waals surface area contributed by atoms with E-state index < -0.39 is 0 Å². The third-order valence-electron chi connectivity index (χ3n) is 6.73. The van der Waals surface area contributed by atoms with Gasteiger partial charge < -0.3 is 4.90 Å². The Bertz CT molecular complexity index is 902. The first-order chi connectivity index (χ1) is 14.1. The van der Waals surface area contributed by atoms with Gasteiger partial charge in [-0.05, 0) is 69.7 Å². The van der Waals surface area contributed by atoms with Crippen molar-refractivity contribution in [3.63, 3.8) is 0 Å². The van der Waals surface area contributed by atoms with E-state index in [2.05, 4.69) is 16.8 Å². The maximum atomic E-state index is 12.8. The molecule has 0 aliphatic carbocycles. The topological polar surface area (TPSA) is 63.4 Å². The van der Waals surface area contributed by atoms with Crippen molar-refractivity contribution in [2.45, 2.75) is 52.6 Å². The molecular formula is C22H33N5O2. The highest BCUT2D eigenvalue weighted by Gasteiger charge is 2.26. The lowest BCUT2D eigenvalue weighted by atomic mass is 9.96. The summed E-state index contributed by atoms with van der Waals surface area (Å²) in [5.41, 5.74) is 1.74. The number of hydrogen-bond donors (Lipinski definition) is 0. The number of pyridine rings is 1. The van der Waals surface area contributed by atoms with E-state index in [0.29, 0.717) is 25.6 Å². The zero-order chi connectivity index (χ0) is 20.4. The van der Waals surface area contributed by atoms with Crippen LogP contribution in [0.25, 0.3) is 11.2 Å². The lowest BCUT2D eigenvalue weighted by Gasteiger charge is -2.35. The summed E-state index contributed by atoms with van der Waals surface area (Å²) in [5, 5.41) is 0. The number of carbonyl (C=O) groups excluding carboxylic acids is 1. The second-order valence-corrected chi connectivity index (χ2v) is 8.77. The standard InChI is InChI=1S/C22H33N5O2/c1-3-26-19-5-4-10-23-21(19)27(22(26)29)15-18-8-11-24(12-9-18)16-20(28)25-13-6-17(2)7-14-25/h4-5,10,17-18H,3,6-9,11-16H2,1-2H3. The van der Waals surface area contributed by atoms with Crippen LogP contribution in [-0.2, 0) is 17.9 Å². The molecule has 0 aromatic carbocycles. The van der Waals surface area contributed by atoms with E-state index in [9.17, 15) is 9.59 Å². The third-order valence-corrected chi connectivity index (χ3v) is 6.73. The number of aryl methyl sites for hydroxylation is 1. The van der Waals surface area contributed by atoms with Gasteiger partial charge in [-0.3, -0.25) is 18.8 Å². The number of amides is 1. The van der Waals surface area contributed by atoms with E-state index in [4.69, 9.17) is 0 Å². The Labute approximate surface area is 172 Å². The van der Waals surface area contributed by atoms with Gasteiger partial charge in [-0.15, -0.1) is 0 Å². The van der Waals surface area contributed by atoms with Crippen LogP contribution >= 0.6 is 0 Å². The largest absolute Gasteiger partial charge is 0.342 e. The van der Waals surface area contributed by atoms with Crippen molar-refractivity contribution in [1.82, 2.24) is 23.9 Å². The van der Waals surface area contributed by atoms with Crippen molar-refractivity contribution in [3.8, 4) is 0 Å². The van der Waals surface area contributed by atoms with E-state index in [1.165, 1.54) is 0 Å². The van der Waals surface area contributed by atoms with Crippen LogP contribution in [0.1, 0.15) is 39.5 Å². The molecule has 2 aliphatic heterocycles. The average Bonchev–Trinajstić information content (AvgIpc) is 3.01. The minimum atomic E-state index is 0.0399. The quantitative estimate of drug-likeness (QED) is 0.773. The van der Waals surface area contributed by atoms with Crippen molar-refractivity contribution in [1.29, 1.82) is 0 Å². The SMILES string of the molecule is CCn1c(=O)n(CC2CCN(CC(=O)N3CCC(C)CC3)CC2)c2ncccc21. The highest BCUT2D eigenvalue weighted by atomic mass is 16.2. The van der Waals surface area contributed by atoms with E-state index in [1.54, 1.807) is 10.8 Å². The minimum absolute atomic E-state index is 0.0399. The molecule has 29 heavy (non-hydrogen) atoms. The minimum Gasteiger partial charge on any atom is -0.342 e. The highest BCUT2D eigenvalue weighted by molar-refractivity contribution is 5.78. The first-order valence-electron chi connectivity index (χ1n) is 11.1. The first kappa shape index (κ1) is 20.1. The molecule has 0 radical (unpaired) electrons. The molecule has 158 valence electrons. The number of rotatable bonds is 5. The monoisotopic (exact) mass is 399 g/mol. The summed E-state index contributed by atoms with van der Waals surface area (Å²) in [6.07, 6.45) is 6.04. The summed E-state index contributed by atoms with van der Waals surface area (Å²) >= 11 is 0. The fraction of sp³-hybridized carbons (Fsp3) is 0.682. The molecule has 0 atom stereocenters. The summed E-state index contributed by atoms with van der Waals surface area (Å²) in [6, 6.07) is 3.86. The van der Waals surface area contributed by atoms with E-state index in [1.807, 2.05) is 28.5 Å². The van der Waals surface area contributed by atoms with Crippen LogP contribution in [0.5, 0.6) is 0 Å². The predicted molar refractivity (Wildman–Crippen MR) is 114 cm³/mol.